The van der Waals surface area contributed by atoms with Crippen LogP contribution in [-0.2, 0) is 5.88 Å². The summed E-state index contributed by atoms with van der Waals surface area (Å²) >= 11 is 6.14. The molecular weight excluding hydrogens is 399 g/mol. The van der Waals surface area contributed by atoms with Gasteiger partial charge in [-0.2, -0.15) is 5.26 Å². The zero-order valence-electron chi connectivity index (χ0n) is 16.3. The van der Waals surface area contributed by atoms with Gasteiger partial charge in [-0.15, -0.1) is 11.6 Å². The second-order valence-corrected chi connectivity index (χ2v) is 6.99. The van der Waals surface area contributed by atoms with Gasteiger partial charge in [-0.05, 0) is 42.3 Å². The van der Waals surface area contributed by atoms with Crippen molar-refractivity contribution >= 4 is 22.5 Å². The van der Waals surface area contributed by atoms with Gasteiger partial charge in [-0.25, -0.2) is 9.37 Å². The van der Waals surface area contributed by atoms with Crippen molar-refractivity contribution in [3.8, 4) is 34.2 Å². The van der Waals surface area contributed by atoms with Crippen molar-refractivity contribution in [3.05, 3.63) is 83.7 Å². The largest absolute Gasteiger partial charge is 0.493 e. The Bertz CT molecular complexity index is 1260. The first-order chi connectivity index (χ1) is 14.7. The van der Waals surface area contributed by atoms with Gasteiger partial charge in [0.25, 0.3) is 0 Å². The molecule has 0 amide bonds. The summed E-state index contributed by atoms with van der Waals surface area (Å²) in [6.07, 6.45) is 0. The first-order valence-electron chi connectivity index (χ1n) is 9.57. The van der Waals surface area contributed by atoms with Gasteiger partial charge in [0.05, 0.1) is 23.4 Å². The molecule has 0 bridgehead atoms. The van der Waals surface area contributed by atoms with Gasteiger partial charge < -0.3 is 4.74 Å². The number of halogens is 2. The molecule has 30 heavy (non-hydrogen) atoms. The summed E-state index contributed by atoms with van der Waals surface area (Å²) in [5.74, 6) is 0.531. The normalized spacial score (nSPS) is 10.7. The van der Waals surface area contributed by atoms with E-state index in [-0.39, 0.29) is 11.7 Å². The summed E-state index contributed by atoms with van der Waals surface area (Å²) in [6.45, 7) is 2.54. The third-order valence-corrected chi connectivity index (χ3v) is 5.22. The van der Waals surface area contributed by atoms with Crippen LogP contribution in [0.4, 0.5) is 4.39 Å². The third kappa shape index (κ3) is 3.60. The molecule has 4 rings (SSSR count). The van der Waals surface area contributed by atoms with Gasteiger partial charge in [0, 0.05) is 22.4 Å². The molecule has 0 aliphatic carbocycles. The highest BCUT2D eigenvalue weighted by molar-refractivity contribution is 6.18. The van der Waals surface area contributed by atoms with E-state index in [9.17, 15) is 9.65 Å². The van der Waals surface area contributed by atoms with Gasteiger partial charge in [0.2, 0.25) is 0 Å². The molecule has 0 saturated carbocycles. The van der Waals surface area contributed by atoms with Crippen LogP contribution in [0.1, 0.15) is 18.1 Å². The van der Waals surface area contributed by atoms with Crippen molar-refractivity contribution in [2.75, 3.05) is 6.61 Å². The van der Waals surface area contributed by atoms with E-state index in [4.69, 9.17) is 16.3 Å². The van der Waals surface area contributed by atoms with Crippen LogP contribution in [0.3, 0.4) is 0 Å². The first kappa shape index (κ1) is 19.9. The maximum absolute atomic E-state index is 13.7. The van der Waals surface area contributed by atoms with E-state index in [0.29, 0.717) is 34.3 Å². The van der Waals surface area contributed by atoms with Gasteiger partial charge in [-0.3, -0.25) is 0 Å². The molecule has 148 valence electrons. The number of ether oxygens (including phenoxy) is 1. The third-order valence-electron chi connectivity index (χ3n) is 4.96. The molecule has 0 aliphatic heterocycles. The van der Waals surface area contributed by atoms with Crippen molar-refractivity contribution in [3.63, 3.8) is 0 Å². The minimum atomic E-state index is -0.385. The van der Waals surface area contributed by atoms with Gasteiger partial charge in [0.1, 0.15) is 17.6 Å². The zero-order valence-corrected chi connectivity index (χ0v) is 17.1. The number of rotatable bonds is 5. The number of hydrogen-bond donors (Lipinski definition) is 0. The predicted molar refractivity (Wildman–Crippen MR) is 118 cm³/mol. The monoisotopic (exact) mass is 416 g/mol. The fraction of sp³-hybridized carbons (Fsp3) is 0.120. The number of aromatic nitrogens is 1. The van der Waals surface area contributed by atoms with Crippen LogP contribution in [-0.4, -0.2) is 11.6 Å². The number of nitriles is 1. The van der Waals surface area contributed by atoms with Crippen molar-refractivity contribution in [2.45, 2.75) is 12.8 Å². The van der Waals surface area contributed by atoms with Crippen molar-refractivity contribution in [1.82, 2.24) is 4.98 Å². The van der Waals surface area contributed by atoms with E-state index in [1.54, 1.807) is 6.07 Å². The highest BCUT2D eigenvalue weighted by atomic mass is 35.5. The van der Waals surface area contributed by atoms with Crippen LogP contribution in [0.2, 0.25) is 0 Å². The molecule has 0 spiro atoms. The molecule has 3 nitrogen and oxygen atoms in total. The number of hydrogen-bond acceptors (Lipinski definition) is 3. The fourth-order valence-electron chi connectivity index (χ4n) is 3.56. The van der Waals surface area contributed by atoms with Crippen LogP contribution in [0.5, 0.6) is 5.75 Å². The summed E-state index contributed by atoms with van der Waals surface area (Å²) in [4.78, 5) is 4.64. The molecule has 0 fully saturated rings. The Labute approximate surface area is 179 Å². The number of nitrogens with zero attached hydrogens (tertiary/aromatic N) is 2. The van der Waals surface area contributed by atoms with E-state index < -0.39 is 0 Å². The molecular formula is C25H18ClFN2O. The highest BCUT2D eigenvalue weighted by Gasteiger charge is 2.17. The molecule has 3 aromatic carbocycles. The maximum Gasteiger partial charge on any atom is 0.127 e. The Hall–Kier alpha value is -3.42. The van der Waals surface area contributed by atoms with Crippen LogP contribution >= 0.6 is 11.6 Å². The second-order valence-electron chi connectivity index (χ2n) is 6.73. The lowest BCUT2D eigenvalue weighted by Gasteiger charge is -2.13. The average molecular weight is 417 g/mol. The highest BCUT2D eigenvalue weighted by Crippen LogP contribution is 2.34. The van der Waals surface area contributed by atoms with E-state index in [1.807, 2.05) is 55.5 Å². The molecule has 0 aliphatic rings. The van der Waals surface area contributed by atoms with Crippen LogP contribution in [0.25, 0.3) is 33.3 Å². The van der Waals surface area contributed by atoms with Crippen molar-refractivity contribution < 1.29 is 9.13 Å². The lowest BCUT2D eigenvalue weighted by molar-refractivity contribution is 0.341. The molecule has 1 aromatic heterocycles. The van der Waals surface area contributed by atoms with E-state index in [0.717, 1.165) is 22.4 Å². The second kappa shape index (κ2) is 8.52. The molecule has 0 saturated heterocycles. The Morgan fingerprint density at radius 2 is 1.77 bits per heavy atom. The number of fused-ring (bicyclic) bond motifs is 1. The van der Waals surface area contributed by atoms with Gasteiger partial charge in [0.15, 0.2) is 0 Å². The number of para-hydroxylation sites is 1. The fourth-order valence-corrected chi connectivity index (χ4v) is 3.84. The molecule has 0 atom stereocenters. The van der Waals surface area contributed by atoms with E-state index in [2.05, 4.69) is 11.1 Å². The average Bonchev–Trinajstić information content (AvgIpc) is 2.78. The van der Waals surface area contributed by atoms with Crippen molar-refractivity contribution in [2.24, 2.45) is 0 Å². The lowest BCUT2D eigenvalue weighted by atomic mass is 9.96. The van der Waals surface area contributed by atoms with E-state index >= 15 is 0 Å². The topological polar surface area (TPSA) is 45.9 Å². The Balaban J connectivity index is 1.84. The van der Waals surface area contributed by atoms with Gasteiger partial charge in [-0.1, -0.05) is 42.5 Å². The number of benzene rings is 3. The smallest absolute Gasteiger partial charge is 0.127 e. The quantitative estimate of drug-likeness (QED) is 0.339. The number of pyridine rings is 1. The Morgan fingerprint density at radius 3 is 2.47 bits per heavy atom. The SMILES string of the molecule is CCOc1ccccc1-c1ccc(-c2nc3ccc(F)cc3c(CCl)c2C#N)cc1. The molecule has 5 heteroatoms. The van der Waals surface area contributed by atoms with E-state index in [1.165, 1.54) is 12.1 Å². The standard InChI is InChI=1S/C25H18ClFN2O/c1-2-30-24-6-4-3-5-19(24)16-7-9-17(10-8-16)25-22(15-28)21(14-26)20-13-18(27)11-12-23(20)29-25/h3-13H,2,14H2,1H3. The summed E-state index contributed by atoms with van der Waals surface area (Å²) in [5, 5.41) is 10.4. The van der Waals surface area contributed by atoms with Gasteiger partial charge >= 0.3 is 0 Å². The zero-order chi connectivity index (χ0) is 21.1. The first-order valence-corrected chi connectivity index (χ1v) is 10.1. The predicted octanol–water partition coefficient (Wildman–Crippen LogP) is 6.72. The molecule has 4 aromatic rings. The van der Waals surface area contributed by atoms with Crippen LogP contribution in [0, 0.1) is 17.1 Å². The van der Waals surface area contributed by atoms with Crippen LogP contribution < -0.4 is 4.74 Å². The Kier molecular flexibility index (Phi) is 5.65. The summed E-state index contributed by atoms with van der Waals surface area (Å²) in [6, 6.07) is 22.2. The number of alkyl halides is 1. The van der Waals surface area contributed by atoms with Crippen LogP contribution in [0.15, 0.2) is 66.7 Å². The molecule has 1 heterocycles. The summed E-state index contributed by atoms with van der Waals surface area (Å²) < 4.78 is 19.5. The molecule has 0 N–H and O–H groups in total. The van der Waals surface area contributed by atoms with Crippen molar-refractivity contribution in [1.29, 1.82) is 5.26 Å². The summed E-state index contributed by atoms with van der Waals surface area (Å²) in [7, 11) is 0. The minimum absolute atomic E-state index is 0.0954. The lowest BCUT2D eigenvalue weighted by Crippen LogP contribution is -1.98. The molecule has 0 radical (unpaired) electrons. The minimum Gasteiger partial charge on any atom is -0.493 e. The maximum atomic E-state index is 13.7. The summed E-state index contributed by atoms with van der Waals surface area (Å²) in [5.41, 5.74) is 4.89. The Morgan fingerprint density at radius 1 is 1.03 bits per heavy atom. The molecule has 0 unspecified atom stereocenters.